The number of carbonyl (C=O) groups is 2. The number of pyridine rings is 1. The van der Waals surface area contributed by atoms with Crippen molar-refractivity contribution in [1.29, 1.82) is 0 Å². The zero-order chi connectivity index (χ0) is 26.9. The first-order valence-corrected chi connectivity index (χ1v) is 13.8. The molecular formula is C32H36N4O3. The molecule has 1 aliphatic carbocycles. The van der Waals surface area contributed by atoms with Gasteiger partial charge in [-0.25, -0.2) is 0 Å². The van der Waals surface area contributed by atoms with Gasteiger partial charge in [0.25, 0.3) is 0 Å². The second-order valence-corrected chi connectivity index (χ2v) is 10.2. The average molecular weight is 525 g/mol. The molecule has 2 unspecified atom stereocenters. The monoisotopic (exact) mass is 524 g/mol. The Balaban J connectivity index is 1.40. The summed E-state index contributed by atoms with van der Waals surface area (Å²) in [4.78, 5) is 36.2. The molecule has 2 aliphatic rings. The minimum Gasteiger partial charge on any atom is -0.378 e. The number of morpholine rings is 1. The Morgan fingerprint density at radius 1 is 0.974 bits per heavy atom. The predicted molar refractivity (Wildman–Crippen MR) is 153 cm³/mol. The van der Waals surface area contributed by atoms with Crippen LogP contribution in [-0.4, -0.2) is 54.0 Å². The van der Waals surface area contributed by atoms with Gasteiger partial charge in [-0.15, -0.1) is 0 Å². The molecular weight excluding hydrogens is 488 g/mol. The van der Waals surface area contributed by atoms with E-state index in [9.17, 15) is 9.59 Å². The van der Waals surface area contributed by atoms with Gasteiger partial charge in [0.15, 0.2) is 0 Å². The standard InChI is InChI=1S/C32H36N4O3/c37-30(22-25-8-3-1-4-9-25)36(24-26-10-7-17-33-23-26)31(27-11-5-2-6-12-27)32(38)34-28-13-15-29(16-14-28)35-18-20-39-21-19-35/h1-5,7-10,13-17,23,27,31H,6,11-12,18-22,24H2,(H,34,38). The highest BCUT2D eigenvalue weighted by molar-refractivity contribution is 5.97. The fourth-order valence-electron chi connectivity index (χ4n) is 5.41. The summed E-state index contributed by atoms with van der Waals surface area (Å²) in [6, 6.07) is 20.9. The van der Waals surface area contributed by atoms with E-state index in [1.165, 1.54) is 0 Å². The van der Waals surface area contributed by atoms with Crippen molar-refractivity contribution in [3.63, 3.8) is 0 Å². The van der Waals surface area contributed by atoms with Gasteiger partial charge < -0.3 is 19.9 Å². The van der Waals surface area contributed by atoms with Crippen molar-refractivity contribution in [2.45, 2.75) is 38.3 Å². The highest BCUT2D eigenvalue weighted by Crippen LogP contribution is 2.29. The summed E-state index contributed by atoms with van der Waals surface area (Å²) in [5, 5.41) is 3.14. The Morgan fingerprint density at radius 2 is 1.74 bits per heavy atom. The lowest BCUT2D eigenvalue weighted by Crippen LogP contribution is -2.51. The van der Waals surface area contributed by atoms with Gasteiger partial charge >= 0.3 is 0 Å². The summed E-state index contributed by atoms with van der Waals surface area (Å²) in [6.07, 6.45) is 10.5. The highest BCUT2D eigenvalue weighted by atomic mass is 16.5. The van der Waals surface area contributed by atoms with Crippen molar-refractivity contribution < 1.29 is 14.3 Å². The number of aromatic nitrogens is 1. The maximum Gasteiger partial charge on any atom is 0.247 e. The van der Waals surface area contributed by atoms with E-state index in [0.717, 1.165) is 68.1 Å². The molecule has 1 N–H and O–H groups in total. The van der Waals surface area contributed by atoms with Gasteiger partial charge in [-0.05, 0) is 66.6 Å². The largest absolute Gasteiger partial charge is 0.378 e. The van der Waals surface area contributed by atoms with Crippen molar-refractivity contribution in [2.24, 2.45) is 5.92 Å². The number of amides is 2. The molecule has 3 aromatic rings. The van der Waals surface area contributed by atoms with Crippen LogP contribution in [-0.2, 0) is 27.3 Å². The molecule has 2 atom stereocenters. The molecule has 0 radical (unpaired) electrons. The zero-order valence-corrected chi connectivity index (χ0v) is 22.2. The number of nitrogens with zero attached hydrogens (tertiary/aromatic N) is 3. The summed E-state index contributed by atoms with van der Waals surface area (Å²) in [5.74, 6) is -0.193. The van der Waals surface area contributed by atoms with E-state index in [1.807, 2.05) is 66.7 Å². The van der Waals surface area contributed by atoms with Crippen molar-refractivity contribution in [2.75, 3.05) is 36.5 Å². The molecule has 1 aliphatic heterocycles. The topological polar surface area (TPSA) is 74.8 Å². The number of anilines is 2. The quantitative estimate of drug-likeness (QED) is 0.405. The molecule has 202 valence electrons. The highest BCUT2D eigenvalue weighted by Gasteiger charge is 2.36. The van der Waals surface area contributed by atoms with Crippen LogP contribution in [0.2, 0.25) is 0 Å². The van der Waals surface area contributed by atoms with Crippen molar-refractivity contribution in [3.05, 3.63) is 102 Å². The Bertz CT molecular complexity index is 1240. The number of allylic oxidation sites excluding steroid dienone is 2. The molecule has 2 aromatic carbocycles. The van der Waals surface area contributed by atoms with Crippen LogP contribution < -0.4 is 10.2 Å². The molecule has 5 rings (SSSR count). The summed E-state index contributed by atoms with van der Waals surface area (Å²) in [7, 11) is 0. The van der Waals surface area contributed by atoms with E-state index in [0.29, 0.717) is 6.54 Å². The molecule has 2 amide bonds. The van der Waals surface area contributed by atoms with Gasteiger partial charge in [0.2, 0.25) is 11.8 Å². The number of nitrogens with one attached hydrogen (secondary N) is 1. The number of hydrogen-bond donors (Lipinski definition) is 1. The summed E-state index contributed by atoms with van der Waals surface area (Å²) in [6.45, 7) is 3.49. The summed E-state index contributed by atoms with van der Waals surface area (Å²) >= 11 is 0. The van der Waals surface area contributed by atoms with Gasteiger partial charge in [0.1, 0.15) is 6.04 Å². The van der Waals surface area contributed by atoms with E-state index in [4.69, 9.17) is 4.74 Å². The first-order chi connectivity index (χ1) is 19.2. The van der Waals surface area contributed by atoms with Gasteiger partial charge in [0.05, 0.1) is 19.6 Å². The molecule has 0 saturated carbocycles. The molecule has 1 saturated heterocycles. The Hall–Kier alpha value is -3.97. The van der Waals surface area contributed by atoms with Gasteiger partial charge in [0, 0.05) is 43.4 Å². The Morgan fingerprint density at radius 3 is 2.44 bits per heavy atom. The summed E-state index contributed by atoms with van der Waals surface area (Å²) in [5.41, 5.74) is 3.67. The van der Waals surface area contributed by atoms with Crippen LogP contribution in [0.5, 0.6) is 0 Å². The van der Waals surface area contributed by atoms with Gasteiger partial charge in [-0.2, -0.15) is 0 Å². The van der Waals surface area contributed by atoms with E-state index >= 15 is 0 Å². The molecule has 0 spiro atoms. The predicted octanol–water partition coefficient (Wildman–Crippen LogP) is 4.85. The Labute approximate surface area is 230 Å². The van der Waals surface area contributed by atoms with Crippen LogP contribution in [0.1, 0.15) is 30.4 Å². The number of rotatable bonds is 9. The summed E-state index contributed by atoms with van der Waals surface area (Å²) < 4.78 is 5.46. The smallest absolute Gasteiger partial charge is 0.247 e. The number of ether oxygens (including phenoxy) is 1. The molecule has 7 nitrogen and oxygen atoms in total. The lowest BCUT2D eigenvalue weighted by molar-refractivity contribution is -0.141. The van der Waals surface area contributed by atoms with E-state index in [-0.39, 0.29) is 24.2 Å². The zero-order valence-electron chi connectivity index (χ0n) is 22.2. The molecule has 2 heterocycles. The molecule has 7 heteroatoms. The molecule has 1 fully saturated rings. The lowest BCUT2D eigenvalue weighted by atomic mass is 9.85. The minimum atomic E-state index is -0.606. The second-order valence-electron chi connectivity index (χ2n) is 10.2. The van der Waals surface area contributed by atoms with Crippen LogP contribution in [0, 0.1) is 5.92 Å². The van der Waals surface area contributed by atoms with Crippen LogP contribution in [0.15, 0.2) is 91.3 Å². The first-order valence-electron chi connectivity index (χ1n) is 13.8. The van der Waals surface area contributed by atoms with Crippen LogP contribution in [0.25, 0.3) is 0 Å². The minimum absolute atomic E-state index is 0.0269. The fourth-order valence-corrected chi connectivity index (χ4v) is 5.41. The van der Waals surface area contributed by atoms with Crippen molar-refractivity contribution in [3.8, 4) is 0 Å². The molecule has 1 aromatic heterocycles. The van der Waals surface area contributed by atoms with Crippen LogP contribution >= 0.6 is 0 Å². The average Bonchev–Trinajstić information content (AvgIpc) is 2.99. The fraction of sp³-hybridized carbons (Fsp3) is 0.344. The van der Waals surface area contributed by atoms with E-state index in [2.05, 4.69) is 27.4 Å². The lowest BCUT2D eigenvalue weighted by Gasteiger charge is -2.37. The second kappa shape index (κ2) is 13.2. The molecule has 39 heavy (non-hydrogen) atoms. The van der Waals surface area contributed by atoms with E-state index in [1.54, 1.807) is 17.3 Å². The third-order valence-electron chi connectivity index (χ3n) is 7.47. The number of benzene rings is 2. The maximum atomic E-state index is 14.0. The normalized spacial score (nSPS) is 17.8. The number of hydrogen-bond acceptors (Lipinski definition) is 5. The third kappa shape index (κ3) is 7.12. The van der Waals surface area contributed by atoms with Crippen LogP contribution in [0.4, 0.5) is 11.4 Å². The maximum absolute atomic E-state index is 14.0. The van der Waals surface area contributed by atoms with Crippen molar-refractivity contribution in [1.82, 2.24) is 9.88 Å². The van der Waals surface area contributed by atoms with E-state index < -0.39 is 6.04 Å². The van der Waals surface area contributed by atoms with Gasteiger partial charge in [-0.3, -0.25) is 14.6 Å². The Kier molecular flexibility index (Phi) is 9.01. The number of carbonyl (C=O) groups excluding carboxylic acids is 2. The first kappa shape index (κ1) is 26.6. The van der Waals surface area contributed by atoms with Gasteiger partial charge in [-0.1, -0.05) is 48.6 Å². The van der Waals surface area contributed by atoms with Crippen molar-refractivity contribution >= 4 is 23.2 Å². The SMILES string of the molecule is O=C(Nc1ccc(N2CCOCC2)cc1)C(C1CC=CCC1)N(Cc1cccnc1)C(=O)Cc1ccccc1. The third-order valence-corrected chi connectivity index (χ3v) is 7.47. The molecule has 0 bridgehead atoms. The van der Waals surface area contributed by atoms with Crippen LogP contribution in [0.3, 0.4) is 0 Å².